The lowest BCUT2D eigenvalue weighted by molar-refractivity contribution is 0.603. The Morgan fingerprint density at radius 2 is 1.63 bits per heavy atom. The number of hydrogen-bond acceptors (Lipinski definition) is 0. The third kappa shape index (κ3) is 1.83. The number of hydrogen-bond donors (Lipinski definition) is 0. The van der Waals surface area contributed by atoms with Gasteiger partial charge in [0.05, 0.1) is 0 Å². The van der Waals surface area contributed by atoms with Crippen molar-refractivity contribution in [3.8, 4) is 0 Å². The Hall–Kier alpha value is -1.82. The molecule has 0 nitrogen and oxygen atoms in total. The summed E-state index contributed by atoms with van der Waals surface area (Å²) >= 11 is 0. The van der Waals surface area contributed by atoms with Gasteiger partial charge in [-0.1, -0.05) is 60.2 Å². The normalized spacial score (nSPS) is 20.6. The topological polar surface area (TPSA) is 0 Å². The Labute approximate surface area is 114 Å². The second kappa shape index (κ2) is 4.38. The zero-order valence-electron chi connectivity index (χ0n) is 11.1. The molecule has 0 heteroatoms. The fourth-order valence-corrected chi connectivity index (χ4v) is 3.67. The van der Waals surface area contributed by atoms with Gasteiger partial charge >= 0.3 is 0 Å². The van der Waals surface area contributed by atoms with Gasteiger partial charge in [0.2, 0.25) is 0 Å². The predicted molar refractivity (Wildman–Crippen MR) is 80.2 cm³/mol. The van der Waals surface area contributed by atoms with Gasteiger partial charge in [-0.05, 0) is 47.9 Å². The molecule has 94 valence electrons. The summed E-state index contributed by atoms with van der Waals surface area (Å²) < 4.78 is 0. The van der Waals surface area contributed by atoms with Gasteiger partial charge < -0.3 is 0 Å². The fourth-order valence-electron chi connectivity index (χ4n) is 3.67. The molecule has 0 bridgehead atoms. The molecule has 0 fully saturated rings. The monoisotopic (exact) mass is 246 g/mol. The minimum absolute atomic E-state index is 0.650. The average molecular weight is 246 g/mol. The summed E-state index contributed by atoms with van der Waals surface area (Å²) in [6.07, 6.45) is 7.48. The van der Waals surface area contributed by atoms with Crippen molar-refractivity contribution in [2.75, 3.05) is 0 Å². The van der Waals surface area contributed by atoms with E-state index in [0.29, 0.717) is 5.92 Å². The second-order valence-corrected chi connectivity index (χ2v) is 5.74. The Kier molecular flexibility index (Phi) is 2.55. The summed E-state index contributed by atoms with van der Waals surface area (Å²) in [6, 6.07) is 17.8. The van der Waals surface area contributed by atoms with Crippen LogP contribution in [0, 0.1) is 0 Å². The lowest BCUT2D eigenvalue weighted by atomic mass is 9.78. The van der Waals surface area contributed by atoms with Crippen LogP contribution in [0.3, 0.4) is 0 Å². The highest BCUT2D eigenvalue weighted by Crippen LogP contribution is 2.41. The first-order valence-electron chi connectivity index (χ1n) is 7.28. The lowest BCUT2D eigenvalue weighted by Crippen LogP contribution is -2.11. The Morgan fingerprint density at radius 3 is 2.53 bits per heavy atom. The van der Waals surface area contributed by atoms with E-state index in [1.165, 1.54) is 30.4 Å². The van der Waals surface area contributed by atoms with E-state index >= 15 is 0 Å². The first kappa shape index (κ1) is 11.0. The van der Waals surface area contributed by atoms with Gasteiger partial charge in [0.25, 0.3) is 0 Å². The van der Waals surface area contributed by atoms with Crippen molar-refractivity contribution in [1.29, 1.82) is 0 Å². The van der Waals surface area contributed by atoms with Crippen molar-refractivity contribution >= 4 is 6.08 Å². The van der Waals surface area contributed by atoms with E-state index in [1.54, 1.807) is 16.7 Å². The molecule has 0 amide bonds. The van der Waals surface area contributed by atoms with Crippen LogP contribution in [0.2, 0.25) is 0 Å². The number of allylic oxidation sites excluding steroid dienone is 1. The van der Waals surface area contributed by atoms with Crippen molar-refractivity contribution in [3.05, 3.63) is 76.4 Å². The maximum absolute atomic E-state index is 2.43. The van der Waals surface area contributed by atoms with Crippen LogP contribution in [-0.4, -0.2) is 0 Å². The molecule has 0 aliphatic heterocycles. The Bertz CT molecular complexity index is 649. The van der Waals surface area contributed by atoms with E-state index in [4.69, 9.17) is 0 Å². The summed E-state index contributed by atoms with van der Waals surface area (Å²) in [5, 5.41) is 0. The van der Waals surface area contributed by atoms with Crippen LogP contribution in [0.1, 0.15) is 41.0 Å². The van der Waals surface area contributed by atoms with E-state index in [-0.39, 0.29) is 0 Å². The van der Waals surface area contributed by atoms with Gasteiger partial charge in [-0.25, -0.2) is 0 Å². The van der Waals surface area contributed by atoms with Crippen LogP contribution in [-0.2, 0) is 12.8 Å². The van der Waals surface area contributed by atoms with E-state index in [9.17, 15) is 0 Å². The molecular weight excluding hydrogens is 228 g/mol. The van der Waals surface area contributed by atoms with E-state index in [2.05, 4.69) is 54.6 Å². The standard InChI is InChI=1S/C19H18/c1-2-8-16-13-17(12-15(16)7-1)19-11-5-9-14-6-3-4-10-18(14)19/h1-4,6-8,10,12,19H,5,9,11,13H2. The molecule has 2 aliphatic carbocycles. The first-order valence-corrected chi connectivity index (χ1v) is 7.28. The van der Waals surface area contributed by atoms with E-state index in [1.807, 2.05) is 0 Å². The van der Waals surface area contributed by atoms with Gasteiger partial charge in [0, 0.05) is 5.92 Å². The van der Waals surface area contributed by atoms with Crippen LogP contribution < -0.4 is 0 Å². The summed E-state index contributed by atoms with van der Waals surface area (Å²) in [4.78, 5) is 0. The third-order valence-electron chi connectivity index (χ3n) is 4.61. The summed E-state index contributed by atoms with van der Waals surface area (Å²) in [5.41, 5.74) is 7.69. The molecule has 0 radical (unpaired) electrons. The van der Waals surface area contributed by atoms with Crippen molar-refractivity contribution in [2.24, 2.45) is 0 Å². The van der Waals surface area contributed by atoms with E-state index in [0.717, 1.165) is 6.42 Å². The Balaban J connectivity index is 1.73. The summed E-state index contributed by atoms with van der Waals surface area (Å²) in [6.45, 7) is 0. The van der Waals surface area contributed by atoms with Gasteiger partial charge in [-0.2, -0.15) is 0 Å². The molecular formula is C19H18. The number of fused-ring (bicyclic) bond motifs is 2. The molecule has 0 saturated carbocycles. The molecule has 0 saturated heterocycles. The summed E-state index contributed by atoms with van der Waals surface area (Å²) in [5.74, 6) is 0.650. The van der Waals surface area contributed by atoms with Gasteiger partial charge in [-0.3, -0.25) is 0 Å². The highest BCUT2D eigenvalue weighted by molar-refractivity contribution is 5.66. The minimum atomic E-state index is 0.650. The molecule has 1 atom stereocenters. The number of aryl methyl sites for hydroxylation is 1. The third-order valence-corrected chi connectivity index (χ3v) is 4.61. The summed E-state index contributed by atoms with van der Waals surface area (Å²) in [7, 11) is 0. The quantitative estimate of drug-likeness (QED) is 0.681. The van der Waals surface area contributed by atoms with E-state index < -0.39 is 0 Å². The van der Waals surface area contributed by atoms with Gasteiger partial charge in [0.15, 0.2) is 0 Å². The SMILES string of the molecule is C1=C(C2CCCc3ccccc32)Cc2ccccc21. The average Bonchev–Trinajstić information content (AvgIpc) is 2.90. The van der Waals surface area contributed by atoms with Crippen molar-refractivity contribution in [1.82, 2.24) is 0 Å². The van der Waals surface area contributed by atoms with Crippen LogP contribution >= 0.6 is 0 Å². The van der Waals surface area contributed by atoms with Crippen LogP contribution in [0.4, 0.5) is 0 Å². The molecule has 2 aromatic carbocycles. The molecule has 19 heavy (non-hydrogen) atoms. The number of rotatable bonds is 1. The highest BCUT2D eigenvalue weighted by Gasteiger charge is 2.25. The predicted octanol–water partition coefficient (Wildman–Crippen LogP) is 4.75. The second-order valence-electron chi connectivity index (χ2n) is 5.74. The van der Waals surface area contributed by atoms with Gasteiger partial charge in [0.1, 0.15) is 0 Å². The molecule has 2 aromatic rings. The van der Waals surface area contributed by atoms with Gasteiger partial charge in [-0.15, -0.1) is 0 Å². The smallest absolute Gasteiger partial charge is 0.00576 e. The minimum Gasteiger partial charge on any atom is -0.0620 e. The maximum atomic E-state index is 2.43. The highest BCUT2D eigenvalue weighted by atomic mass is 14.3. The molecule has 0 spiro atoms. The first-order chi connectivity index (χ1) is 9.42. The maximum Gasteiger partial charge on any atom is 0.00576 e. The molecule has 0 heterocycles. The molecule has 4 rings (SSSR count). The Morgan fingerprint density at radius 1 is 0.842 bits per heavy atom. The molecule has 1 unspecified atom stereocenters. The fraction of sp³-hybridized carbons (Fsp3) is 0.263. The zero-order valence-corrected chi connectivity index (χ0v) is 11.1. The van der Waals surface area contributed by atoms with Crippen molar-refractivity contribution in [3.63, 3.8) is 0 Å². The van der Waals surface area contributed by atoms with Crippen molar-refractivity contribution < 1.29 is 0 Å². The lowest BCUT2D eigenvalue weighted by Gasteiger charge is -2.26. The molecule has 0 aromatic heterocycles. The molecule has 2 aliphatic rings. The number of benzene rings is 2. The van der Waals surface area contributed by atoms with Crippen molar-refractivity contribution in [2.45, 2.75) is 31.6 Å². The van der Waals surface area contributed by atoms with Crippen LogP contribution in [0.25, 0.3) is 6.08 Å². The van der Waals surface area contributed by atoms with Crippen LogP contribution in [0.15, 0.2) is 54.1 Å². The zero-order chi connectivity index (χ0) is 12.7. The largest absolute Gasteiger partial charge is 0.0620 e. The van der Waals surface area contributed by atoms with Crippen LogP contribution in [0.5, 0.6) is 0 Å². The molecule has 0 N–H and O–H groups in total.